The molecule has 0 unspecified atom stereocenters. The van der Waals surface area contributed by atoms with Crippen LogP contribution in [0.15, 0.2) is 36.4 Å². The first-order valence-corrected chi connectivity index (χ1v) is 9.80. The molecular weight excluding hydrogens is 344 g/mol. The van der Waals surface area contributed by atoms with Crippen molar-refractivity contribution >= 4 is 23.2 Å². The first-order valence-electron chi connectivity index (χ1n) is 8.98. The van der Waals surface area contributed by atoms with Gasteiger partial charge in [0.15, 0.2) is 0 Å². The summed E-state index contributed by atoms with van der Waals surface area (Å²) in [6.45, 7) is 10.00. The Hall–Kier alpha value is -2.14. The van der Waals surface area contributed by atoms with E-state index in [0.29, 0.717) is 0 Å². The average Bonchev–Trinajstić information content (AvgIpc) is 2.91. The van der Waals surface area contributed by atoms with Crippen molar-refractivity contribution in [1.29, 1.82) is 0 Å². The number of amides is 2. The molecule has 2 N–H and O–H groups in total. The van der Waals surface area contributed by atoms with Gasteiger partial charge in [-0.2, -0.15) is 0 Å². The normalized spacial score (nSPS) is 13.3. The van der Waals surface area contributed by atoms with Crippen LogP contribution >= 0.6 is 11.3 Å². The minimum absolute atomic E-state index is 0.00670. The summed E-state index contributed by atoms with van der Waals surface area (Å²) in [7, 11) is 0. The molecule has 2 aromatic rings. The maximum atomic E-state index is 12.8. The van der Waals surface area contributed by atoms with Crippen molar-refractivity contribution in [3.05, 3.63) is 57.3 Å². The number of benzene rings is 1. The highest BCUT2D eigenvalue weighted by atomic mass is 32.1. The predicted molar refractivity (Wildman–Crippen MR) is 107 cm³/mol. The minimum Gasteiger partial charge on any atom is -0.348 e. The van der Waals surface area contributed by atoms with E-state index in [9.17, 15) is 9.59 Å². The van der Waals surface area contributed by atoms with Crippen molar-refractivity contribution in [2.75, 3.05) is 0 Å². The van der Waals surface area contributed by atoms with Gasteiger partial charge in [-0.05, 0) is 43.9 Å². The smallest absolute Gasteiger partial charge is 0.243 e. The van der Waals surface area contributed by atoms with Gasteiger partial charge in [-0.1, -0.05) is 44.2 Å². The molecule has 0 fully saturated rings. The molecule has 1 aromatic carbocycles. The summed E-state index contributed by atoms with van der Waals surface area (Å²) in [5, 5.41) is 5.95. The fraction of sp³-hybridized carbons (Fsp3) is 0.429. The summed E-state index contributed by atoms with van der Waals surface area (Å²) < 4.78 is 0. The lowest BCUT2D eigenvalue weighted by Crippen LogP contribution is -2.50. The first kappa shape index (κ1) is 20.2. The number of carbonyl (C=O) groups is 2. The Kier molecular flexibility index (Phi) is 6.98. The second-order valence-electron chi connectivity index (χ2n) is 7.05. The molecule has 2 rings (SSSR count). The summed E-state index contributed by atoms with van der Waals surface area (Å²) >= 11 is 1.73. The largest absolute Gasteiger partial charge is 0.348 e. The summed E-state index contributed by atoms with van der Waals surface area (Å²) in [4.78, 5) is 27.6. The number of hydrogen-bond donors (Lipinski definition) is 2. The highest BCUT2D eigenvalue weighted by molar-refractivity contribution is 7.12. The lowest BCUT2D eigenvalue weighted by Gasteiger charge is -2.24. The van der Waals surface area contributed by atoms with Crippen molar-refractivity contribution in [2.45, 2.75) is 53.1 Å². The number of carbonyl (C=O) groups excluding carboxylic acids is 2. The molecule has 140 valence electrons. The summed E-state index contributed by atoms with van der Waals surface area (Å²) in [6.07, 6.45) is 0.274. The molecule has 0 aliphatic heterocycles. The number of thiophene rings is 1. The van der Waals surface area contributed by atoms with Crippen LogP contribution in [-0.2, 0) is 16.0 Å². The molecular formula is C21H28N2O2S. The molecule has 26 heavy (non-hydrogen) atoms. The summed E-state index contributed by atoms with van der Waals surface area (Å²) in [5.74, 6) is -0.273. The predicted octanol–water partition coefficient (Wildman–Crippen LogP) is 3.93. The van der Waals surface area contributed by atoms with Gasteiger partial charge in [-0.25, -0.2) is 0 Å². The van der Waals surface area contributed by atoms with E-state index in [2.05, 4.69) is 30.5 Å². The van der Waals surface area contributed by atoms with Crippen LogP contribution < -0.4 is 10.6 Å². The number of aryl methyl sites for hydroxylation is 2. The van der Waals surface area contributed by atoms with Gasteiger partial charge >= 0.3 is 0 Å². The molecule has 0 bridgehead atoms. The average molecular weight is 373 g/mol. The molecule has 1 heterocycles. The summed E-state index contributed by atoms with van der Waals surface area (Å²) in [5.41, 5.74) is 2.07. The molecule has 5 heteroatoms. The zero-order valence-corrected chi connectivity index (χ0v) is 16.9. The molecule has 0 radical (unpaired) electrons. The van der Waals surface area contributed by atoms with Crippen LogP contribution in [0.3, 0.4) is 0 Å². The molecule has 4 nitrogen and oxygen atoms in total. The minimum atomic E-state index is -0.547. The van der Waals surface area contributed by atoms with Crippen LogP contribution in [0.2, 0.25) is 0 Å². The van der Waals surface area contributed by atoms with Gasteiger partial charge in [0.1, 0.15) is 6.04 Å². The standard InChI is InChI=1S/C21H28N2O2S/c1-13(2)20(23-19(24)12-17-9-7-6-8-10-17)21(25)22-15(4)18-11-14(3)26-16(18)5/h6-11,13,15,20H,12H2,1-5H3,(H,22,25)(H,23,24)/t15-,20-/m1/s1. The van der Waals surface area contributed by atoms with E-state index < -0.39 is 6.04 Å². The molecule has 0 aliphatic carbocycles. The third kappa shape index (κ3) is 5.43. The maximum Gasteiger partial charge on any atom is 0.243 e. The van der Waals surface area contributed by atoms with Gasteiger partial charge in [-0.3, -0.25) is 9.59 Å². The third-order valence-electron chi connectivity index (χ3n) is 4.38. The van der Waals surface area contributed by atoms with E-state index in [0.717, 1.165) is 11.1 Å². The molecule has 0 aliphatic rings. The van der Waals surface area contributed by atoms with Crippen molar-refractivity contribution < 1.29 is 9.59 Å². The second-order valence-corrected chi connectivity index (χ2v) is 8.51. The van der Waals surface area contributed by atoms with E-state index in [4.69, 9.17) is 0 Å². The maximum absolute atomic E-state index is 12.8. The van der Waals surface area contributed by atoms with Crippen molar-refractivity contribution in [1.82, 2.24) is 10.6 Å². The highest BCUT2D eigenvalue weighted by Crippen LogP contribution is 2.26. The van der Waals surface area contributed by atoms with Crippen LogP contribution in [0.4, 0.5) is 0 Å². The zero-order chi connectivity index (χ0) is 19.3. The molecule has 1 aromatic heterocycles. The van der Waals surface area contributed by atoms with Gasteiger partial charge in [0.25, 0.3) is 0 Å². The monoisotopic (exact) mass is 372 g/mol. The summed E-state index contributed by atoms with van der Waals surface area (Å²) in [6, 6.07) is 11.0. The Morgan fingerprint density at radius 2 is 1.69 bits per heavy atom. The Balaban J connectivity index is 2.00. The topological polar surface area (TPSA) is 58.2 Å². The zero-order valence-electron chi connectivity index (χ0n) is 16.1. The van der Waals surface area contributed by atoms with Crippen molar-refractivity contribution in [2.24, 2.45) is 5.92 Å². The van der Waals surface area contributed by atoms with Crippen LogP contribution in [0, 0.1) is 19.8 Å². The van der Waals surface area contributed by atoms with E-state index in [1.807, 2.05) is 51.1 Å². The van der Waals surface area contributed by atoms with Crippen molar-refractivity contribution in [3.8, 4) is 0 Å². The van der Waals surface area contributed by atoms with Crippen LogP contribution in [-0.4, -0.2) is 17.9 Å². The lowest BCUT2D eigenvalue weighted by atomic mass is 10.0. The van der Waals surface area contributed by atoms with Gasteiger partial charge < -0.3 is 10.6 Å². The number of hydrogen-bond acceptors (Lipinski definition) is 3. The Morgan fingerprint density at radius 1 is 1.04 bits per heavy atom. The van der Waals surface area contributed by atoms with E-state index in [-0.39, 0.29) is 30.2 Å². The Bertz CT molecular complexity index is 753. The second kappa shape index (κ2) is 8.99. The molecule has 0 spiro atoms. The van der Waals surface area contributed by atoms with Crippen LogP contribution in [0.1, 0.15) is 47.7 Å². The van der Waals surface area contributed by atoms with Crippen LogP contribution in [0.25, 0.3) is 0 Å². The quantitative estimate of drug-likeness (QED) is 0.774. The SMILES string of the molecule is Cc1cc([C@@H](C)NC(=O)[C@H](NC(=O)Cc2ccccc2)C(C)C)c(C)s1. The van der Waals surface area contributed by atoms with E-state index in [1.165, 1.54) is 9.75 Å². The Morgan fingerprint density at radius 3 is 2.23 bits per heavy atom. The lowest BCUT2D eigenvalue weighted by molar-refractivity contribution is -0.130. The van der Waals surface area contributed by atoms with Gasteiger partial charge in [-0.15, -0.1) is 11.3 Å². The van der Waals surface area contributed by atoms with Gasteiger partial charge in [0.05, 0.1) is 12.5 Å². The van der Waals surface area contributed by atoms with Gasteiger partial charge in [0, 0.05) is 9.75 Å². The fourth-order valence-corrected chi connectivity index (χ4v) is 4.02. The fourth-order valence-electron chi connectivity index (χ4n) is 3.00. The molecule has 0 saturated carbocycles. The highest BCUT2D eigenvalue weighted by Gasteiger charge is 2.26. The number of rotatable bonds is 7. The molecule has 0 saturated heterocycles. The Labute approximate surface area is 160 Å². The van der Waals surface area contributed by atoms with Crippen LogP contribution in [0.5, 0.6) is 0 Å². The molecule has 2 amide bonds. The first-order chi connectivity index (χ1) is 12.3. The number of nitrogens with one attached hydrogen (secondary N) is 2. The van der Waals surface area contributed by atoms with Crippen molar-refractivity contribution in [3.63, 3.8) is 0 Å². The van der Waals surface area contributed by atoms with E-state index >= 15 is 0 Å². The van der Waals surface area contributed by atoms with Gasteiger partial charge in [0.2, 0.25) is 11.8 Å². The van der Waals surface area contributed by atoms with E-state index in [1.54, 1.807) is 11.3 Å². The third-order valence-corrected chi connectivity index (χ3v) is 5.36. The molecule has 2 atom stereocenters.